The molecule has 0 bridgehead atoms. The summed E-state index contributed by atoms with van der Waals surface area (Å²) in [7, 11) is 0. The third-order valence-corrected chi connectivity index (χ3v) is 10.7. The molecular weight excluding hydrogens is 613 g/mol. The van der Waals surface area contributed by atoms with Gasteiger partial charge in [-0.15, -0.1) is 11.3 Å². The fraction of sp³-hybridized carbons (Fsp3) is 0.0435. The smallest absolute Gasteiger partial charge is 0.160 e. The van der Waals surface area contributed by atoms with Crippen molar-refractivity contribution in [1.29, 1.82) is 0 Å². The average Bonchev–Trinajstić information content (AvgIpc) is 3.58. The maximum absolute atomic E-state index is 5.06. The Kier molecular flexibility index (Phi) is 7.53. The standard InChI is InChI=1S/C46H32N2S/c1-3-12-33(13-4-1)42-30-43(48-46(47-42)34-14-5-2-6-15-34)38-19-10-17-36(29-38)32-26-24-31(25-27-32)35-16-9-18-37(28-35)39-21-11-22-41-40-20-7-8-23-44(40)49-45(39)41/h1-24,26,28-30H,25,27H2. The van der Waals surface area contributed by atoms with Crippen LogP contribution in [0.25, 0.3) is 76.3 Å². The molecule has 49 heavy (non-hydrogen) atoms. The number of benzene rings is 6. The summed E-state index contributed by atoms with van der Waals surface area (Å²) in [6.07, 6.45) is 6.61. The molecule has 3 heteroatoms. The predicted octanol–water partition coefficient (Wildman–Crippen LogP) is 12.8. The van der Waals surface area contributed by atoms with Crippen LogP contribution in [0.1, 0.15) is 24.0 Å². The van der Waals surface area contributed by atoms with Crippen molar-refractivity contribution in [3.8, 4) is 45.0 Å². The highest BCUT2D eigenvalue weighted by molar-refractivity contribution is 7.26. The van der Waals surface area contributed by atoms with Gasteiger partial charge in [-0.3, -0.25) is 0 Å². The van der Waals surface area contributed by atoms with Crippen LogP contribution in [-0.2, 0) is 0 Å². The van der Waals surface area contributed by atoms with E-state index < -0.39 is 0 Å². The molecule has 2 aromatic heterocycles. The Bertz CT molecular complexity index is 2480. The van der Waals surface area contributed by atoms with E-state index >= 15 is 0 Å². The van der Waals surface area contributed by atoms with E-state index in [0.717, 1.165) is 46.7 Å². The Balaban J connectivity index is 1.04. The van der Waals surface area contributed by atoms with E-state index in [0.29, 0.717) is 0 Å². The minimum absolute atomic E-state index is 0.734. The number of thiophene rings is 1. The van der Waals surface area contributed by atoms with E-state index in [4.69, 9.17) is 9.97 Å². The van der Waals surface area contributed by atoms with Crippen LogP contribution < -0.4 is 0 Å². The van der Waals surface area contributed by atoms with Crippen molar-refractivity contribution in [1.82, 2.24) is 9.97 Å². The van der Waals surface area contributed by atoms with Crippen LogP contribution in [0.2, 0.25) is 0 Å². The van der Waals surface area contributed by atoms with Gasteiger partial charge in [0.15, 0.2) is 5.82 Å². The topological polar surface area (TPSA) is 25.8 Å². The molecule has 8 aromatic rings. The zero-order valence-corrected chi connectivity index (χ0v) is 27.7. The third-order valence-electron chi connectivity index (χ3n) is 9.45. The average molecular weight is 645 g/mol. The van der Waals surface area contributed by atoms with Gasteiger partial charge in [0, 0.05) is 36.9 Å². The van der Waals surface area contributed by atoms with Gasteiger partial charge in [-0.1, -0.05) is 146 Å². The lowest BCUT2D eigenvalue weighted by molar-refractivity contribution is 1.07. The Morgan fingerprint density at radius 3 is 1.65 bits per heavy atom. The van der Waals surface area contributed by atoms with Crippen LogP contribution in [0.5, 0.6) is 0 Å². The van der Waals surface area contributed by atoms with Crippen molar-refractivity contribution in [3.05, 3.63) is 181 Å². The molecule has 0 fully saturated rings. The van der Waals surface area contributed by atoms with Crippen LogP contribution in [0, 0.1) is 0 Å². The number of hydrogen-bond acceptors (Lipinski definition) is 3. The number of nitrogens with zero attached hydrogens (tertiary/aromatic N) is 2. The number of aromatic nitrogens is 2. The zero-order valence-electron chi connectivity index (χ0n) is 26.9. The van der Waals surface area contributed by atoms with Gasteiger partial charge in [-0.25, -0.2) is 9.97 Å². The zero-order chi connectivity index (χ0) is 32.6. The van der Waals surface area contributed by atoms with E-state index in [-0.39, 0.29) is 0 Å². The number of hydrogen-bond donors (Lipinski definition) is 0. The van der Waals surface area contributed by atoms with Gasteiger partial charge in [0.05, 0.1) is 11.4 Å². The van der Waals surface area contributed by atoms with E-state index in [1.807, 2.05) is 35.6 Å². The molecular formula is C46H32N2S. The molecule has 0 N–H and O–H groups in total. The lowest BCUT2D eigenvalue weighted by Gasteiger charge is -2.17. The lowest BCUT2D eigenvalue weighted by atomic mass is 9.88. The van der Waals surface area contributed by atoms with Crippen molar-refractivity contribution in [3.63, 3.8) is 0 Å². The summed E-state index contributed by atoms with van der Waals surface area (Å²) >= 11 is 1.89. The largest absolute Gasteiger partial charge is 0.228 e. The highest BCUT2D eigenvalue weighted by Crippen LogP contribution is 2.41. The van der Waals surface area contributed by atoms with Crippen LogP contribution in [-0.4, -0.2) is 9.97 Å². The number of fused-ring (bicyclic) bond motifs is 3. The second kappa shape index (κ2) is 12.6. The van der Waals surface area contributed by atoms with Gasteiger partial charge in [-0.05, 0) is 70.5 Å². The summed E-state index contributed by atoms with van der Waals surface area (Å²) in [5, 5.41) is 2.68. The minimum atomic E-state index is 0.734. The van der Waals surface area contributed by atoms with E-state index in [9.17, 15) is 0 Å². The van der Waals surface area contributed by atoms with Gasteiger partial charge in [0.1, 0.15) is 0 Å². The molecule has 1 aliphatic carbocycles. The summed E-state index contributed by atoms with van der Waals surface area (Å²) in [4.78, 5) is 10.0. The quantitative estimate of drug-likeness (QED) is 0.180. The Hall–Kier alpha value is -5.90. The van der Waals surface area contributed by atoms with Crippen molar-refractivity contribution in [2.75, 3.05) is 0 Å². The molecule has 0 saturated heterocycles. The van der Waals surface area contributed by atoms with Gasteiger partial charge in [0.25, 0.3) is 0 Å². The molecule has 0 amide bonds. The fourth-order valence-corrected chi connectivity index (χ4v) is 8.16. The summed E-state index contributed by atoms with van der Waals surface area (Å²) in [5.74, 6) is 0.734. The van der Waals surface area contributed by atoms with Gasteiger partial charge >= 0.3 is 0 Å². The van der Waals surface area contributed by atoms with Gasteiger partial charge in [0.2, 0.25) is 0 Å². The maximum atomic E-state index is 5.06. The molecule has 0 spiro atoms. The normalized spacial score (nSPS) is 13.0. The second-order valence-corrected chi connectivity index (χ2v) is 13.6. The Labute approximate surface area is 290 Å². The van der Waals surface area contributed by atoms with E-state index in [1.54, 1.807) is 0 Å². The molecule has 0 radical (unpaired) electrons. The monoisotopic (exact) mass is 644 g/mol. The molecule has 2 heterocycles. The molecule has 0 saturated carbocycles. The van der Waals surface area contributed by atoms with Crippen molar-refractivity contribution >= 4 is 42.7 Å². The van der Waals surface area contributed by atoms with Crippen LogP contribution in [0.15, 0.2) is 170 Å². The molecule has 1 aliphatic rings. The Morgan fingerprint density at radius 2 is 0.939 bits per heavy atom. The van der Waals surface area contributed by atoms with E-state index in [2.05, 4.69) is 146 Å². The first-order valence-electron chi connectivity index (χ1n) is 16.8. The highest BCUT2D eigenvalue weighted by atomic mass is 32.1. The van der Waals surface area contributed by atoms with Crippen LogP contribution in [0.3, 0.4) is 0 Å². The highest BCUT2D eigenvalue weighted by Gasteiger charge is 2.15. The molecule has 0 aliphatic heterocycles. The molecule has 232 valence electrons. The van der Waals surface area contributed by atoms with Crippen molar-refractivity contribution in [2.24, 2.45) is 0 Å². The molecule has 2 nitrogen and oxygen atoms in total. The van der Waals surface area contributed by atoms with E-state index in [1.165, 1.54) is 53.6 Å². The number of rotatable bonds is 6. The molecule has 0 unspecified atom stereocenters. The summed E-state index contributed by atoms with van der Waals surface area (Å²) in [6, 6.07) is 56.0. The second-order valence-electron chi connectivity index (χ2n) is 12.5. The SMILES string of the molecule is C1=C(c2cccc(-c3cc(-c4ccccc4)nc(-c4ccccc4)n3)c2)CCC(c2cccc(-c3cccc4c3sc3ccccc34)c2)=C1. The minimum Gasteiger partial charge on any atom is -0.228 e. The summed E-state index contributed by atoms with van der Waals surface area (Å²) in [6.45, 7) is 0. The molecule has 0 atom stereocenters. The predicted molar refractivity (Wildman–Crippen MR) is 208 cm³/mol. The molecule has 9 rings (SSSR count). The summed E-state index contributed by atoms with van der Waals surface area (Å²) in [5.41, 5.74) is 12.9. The lowest BCUT2D eigenvalue weighted by Crippen LogP contribution is -1.97. The van der Waals surface area contributed by atoms with Gasteiger partial charge < -0.3 is 0 Å². The first-order chi connectivity index (χ1) is 24.3. The maximum Gasteiger partial charge on any atom is 0.160 e. The van der Waals surface area contributed by atoms with Crippen molar-refractivity contribution in [2.45, 2.75) is 12.8 Å². The van der Waals surface area contributed by atoms with Crippen molar-refractivity contribution < 1.29 is 0 Å². The number of allylic oxidation sites excluding steroid dienone is 4. The van der Waals surface area contributed by atoms with Crippen LogP contribution in [0.4, 0.5) is 0 Å². The van der Waals surface area contributed by atoms with Gasteiger partial charge in [-0.2, -0.15) is 0 Å². The first kappa shape index (κ1) is 29.3. The first-order valence-corrected chi connectivity index (χ1v) is 17.6. The summed E-state index contributed by atoms with van der Waals surface area (Å²) < 4.78 is 2.70. The fourth-order valence-electron chi connectivity index (χ4n) is 6.93. The molecule has 6 aromatic carbocycles. The third kappa shape index (κ3) is 5.69. The Morgan fingerprint density at radius 1 is 0.408 bits per heavy atom. The van der Waals surface area contributed by atoms with Crippen LogP contribution >= 0.6 is 11.3 Å².